The van der Waals surface area contributed by atoms with Crippen LogP contribution in [0.25, 0.3) is 0 Å². The molecule has 0 bridgehead atoms. The normalized spacial score (nSPS) is 12.2. The minimum Gasteiger partial charge on any atom is -0.497 e. The van der Waals surface area contributed by atoms with Crippen LogP contribution in [0.3, 0.4) is 0 Å². The summed E-state index contributed by atoms with van der Waals surface area (Å²) >= 11 is 0. The van der Waals surface area contributed by atoms with Gasteiger partial charge in [-0.05, 0) is 37.0 Å². The summed E-state index contributed by atoms with van der Waals surface area (Å²) in [7, 11) is 1.64. The maximum atomic E-state index is 10.3. The Kier molecular flexibility index (Phi) is 7.90. The third-order valence-electron chi connectivity index (χ3n) is 3.01. The largest absolute Gasteiger partial charge is 0.497 e. The van der Waals surface area contributed by atoms with Crippen molar-refractivity contribution in [2.45, 2.75) is 32.0 Å². The van der Waals surface area contributed by atoms with E-state index in [0.717, 1.165) is 30.6 Å². The Bertz CT molecular complexity index is 462. The van der Waals surface area contributed by atoms with E-state index >= 15 is 0 Å². The highest BCUT2D eigenvalue weighted by atomic mass is 16.5. The summed E-state index contributed by atoms with van der Waals surface area (Å²) < 4.78 is 10.9. The first kappa shape index (κ1) is 17.0. The van der Waals surface area contributed by atoms with E-state index in [2.05, 4.69) is 6.58 Å². The number of allylic oxidation sites excluding steroid dienone is 1. The molecule has 1 N–H and O–H groups in total. The zero-order valence-electron chi connectivity index (χ0n) is 12.3. The SMILES string of the molecule is C=C[C@H](CCC/C=C/C(=O)O)OCc1ccc(OC)cc1. The molecule has 21 heavy (non-hydrogen) atoms. The number of hydrogen-bond donors (Lipinski definition) is 1. The Labute approximate surface area is 125 Å². The fourth-order valence-corrected chi connectivity index (χ4v) is 1.82. The van der Waals surface area contributed by atoms with Crippen molar-refractivity contribution in [3.63, 3.8) is 0 Å². The second-order valence-corrected chi connectivity index (χ2v) is 4.60. The summed E-state index contributed by atoms with van der Waals surface area (Å²) in [5, 5.41) is 8.48. The molecule has 0 unspecified atom stereocenters. The number of unbranched alkanes of at least 4 members (excludes halogenated alkanes) is 1. The first-order valence-electron chi connectivity index (χ1n) is 6.92. The van der Waals surface area contributed by atoms with E-state index in [1.807, 2.05) is 24.3 Å². The van der Waals surface area contributed by atoms with Crippen molar-refractivity contribution >= 4 is 5.97 Å². The molecule has 4 nitrogen and oxygen atoms in total. The molecule has 0 heterocycles. The highest BCUT2D eigenvalue weighted by Crippen LogP contribution is 2.14. The van der Waals surface area contributed by atoms with Crippen molar-refractivity contribution in [3.8, 4) is 5.75 Å². The highest BCUT2D eigenvalue weighted by Gasteiger charge is 2.04. The van der Waals surface area contributed by atoms with Gasteiger partial charge in [0.1, 0.15) is 5.75 Å². The van der Waals surface area contributed by atoms with E-state index in [9.17, 15) is 4.79 Å². The van der Waals surface area contributed by atoms with Gasteiger partial charge in [0.2, 0.25) is 0 Å². The lowest BCUT2D eigenvalue weighted by atomic mass is 10.1. The maximum absolute atomic E-state index is 10.3. The third-order valence-corrected chi connectivity index (χ3v) is 3.01. The lowest BCUT2D eigenvalue weighted by Crippen LogP contribution is -2.09. The van der Waals surface area contributed by atoms with Crippen molar-refractivity contribution < 1.29 is 19.4 Å². The molecule has 0 aliphatic rings. The van der Waals surface area contributed by atoms with Gasteiger partial charge in [-0.2, -0.15) is 0 Å². The quantitative estimate of drug-likeness (QED) is 0.406. The number of carbonyl (C=O) groups is 1. The Morgan fingerprint density at radius 3 is 2.67 bits per heavy atom. The number of carboxylic acids is 1. The van der Waals surface area contributed by atoms with Crippen molar-refractivity contribution in [3.05, 3.63) is 54.6 Å². The Balaban J connectivity index is 2.29. The van der Waals surface area contributed by atoms with Crippen LogP contribution in [0.2, 0.25) is 0 Å². The summed E-state index contributed by atoms with van der Waals surface area (Å²) in [6, 6.07) is 7.74. The van der Waals surface area contributed by atoms with Crippen LogP contribution >= 0.6 is 0 Å². The van der Waals surface area contributed by atoms with Crippen LogP contribution in [-0.2, 0) is 16.1 Å². The monoisotopic (exact) mass is 290 g/mol. The number of methoxy groups -OCH3 is 1. The van der Waals surface area contributed by atoms with Gasteiger partial charge < -0.3 is 14.6 Å². The molecule has 0 aliphatic carbocycles. The molecule has 1 aromatic carbocycles. The molecule has 114 valence electrons. The van der Waals surface area contributed by atoms with Crippen LogP contribution in [0.4, 0.5) is 0 Å². The van der Waals surface area contributed by atoms with E-state index in [1.165, 1.54) is 6.08 Å². The number of ether oxygens (including phenoxy) is 2. The number of rotatable bonds is 10. The first-order valence-corrected chi connectivity index (χ1v) is 6.92. The molecule has 0 aliphatic heterocycles. The van der Waals surface area contributed by atoms with Crippen molar-refractivity contribution in [1.82, 2.24) is 0 Å². The van der Waals surface area contributed by atoms with Crippen LogP contribution in [0, 0.1) is 0 Å². The van der Waals surface area contributed by atoms with E-state index in [0.29, 0.717) is 6.61 Å². The molecule has 0 aromatic heterocycles. The average molecular weight is 290 g/mol. The Hall–Kier alpha value is -2.07. The molecule has 0 fully saturated rings. The Morgan fingerprint density at radius 1 is 1.38 bits per heavy atom. The minimum absolute atomic E-state index is 0.0228. The lowest BCUT2D eigenvalue weighted by molar-refractivity contribution is -0.131. The average Bonchev–Trinajstić information content (AvgIpc) is 2.50. The zero-order valence-corrected chi connectivity index (χ0v) is 12.3. The molecule has 0 radical (unpaired) electrons. The van der Waals surface area contributed by atoms with Gasteiger partial charge in [-0.3, -0.25) is 0 Å². The van der Waals surface area contributed by atoms with Gasteiger partial charge in [-0.15, -0.1) is 6.58 Å². The summed E-state index contributed by atoms with van der Waals surface area (Å²) in [4.78, 5) is 10.3. The lowest BCUT2D eigenvalue weighted by Gasteiger charge is -2.13. The molecule has 1 aromatic rings. The molecular formula is C17H22O4. The molecule has 0 amide bonds. The summed E-state index contributed by atoms with van der Waals surface area (Å²) in [5.41, 5.74) is 1.08. The van der Waals surface area contributed by atoms with Gasteiger partial charge in [0.05, 0.1) is 19.8 Å². The van der Waals surface area contributed by atoms with E-state index in [1.54, 1.807) is 19.3 Å². The van der Waals surface area contributed by atoms with Gasteiger partial charge in [0.15, 0.2) is 0 Å². The van der Waals surface area contributed by atoms with Gasteiger partial charge in [-0.1, -0.05) is 24.3 Å². The zero-order chi connectivity index (χ0) is 15.5. The molecule has 0 saturated carbocycles. The number of carboxylic acid groups (broad SMARTS) is 1. The molecule has 1 rings (SSSR count). The number of hydrogen-bond acceptors (Lipinski definition) is 3. The van der Waals surface area contributed by atoms with Gasteiger partial charge in [-0.25, -0.2) is 4.79 Å². The van der Waals surface area contributed by atoms with Gasteiger partial charge in [0.25, 0.3) is 0 Å². The summed E-state index contributed by atoms with van der Waals surface area (Å²) in [6.45, 7) is 4.29. The fourth-order valence-electron chi connectivity index (χ4n) is 1.82. The third kappa shape index (κ3) is 7.32. The van der Waals surface area contributed by atoms with Gasteiger partial charge in [0, 0.05) is 6.08 Å². The predicted octanol–water partition coefficient (Wildman–Crippen LogP) is 3.58. The van der Waals surface area contributed by atoms with Crippen LogP contribution in [0.1, 0.15) is 24.8 Å². The minimum atomic E-state index is -0.911. The highest BCUT2D eigenvalue weighted by molar-refractivity contribution is 5.79. The smallest absolute Gasteiger partial charge is 0.327 e. The van der Waals surface area contributed by atoms with Gasteiger partial charge >= 0.3 is 5.97 Å². The molecule has 0 saturated heterocycles. The van der Waals surface area contributed by atoms with Crippen molar-refractivity contribution in [2.75, 3.05) is 7.11 Å². The predicted molar refractivity (Wildman–Crippen MR) is 82.4 cm³/mol. The molecular weight excluding hydrogens is 268 g/mol. The second-order valence-electron chi connectivity index (χ2n) is 4.60. The van der Waals surface area contributed by atoms with Crippen molar-refractivity contribution in [1.29, 1.82) is 0 Å². The van der Waals surface area contributed by atoms with Crippen LogP contribution in [0.15, 0.2) is 49.1 Å². The van der Waals surface area contributed by atoms with E-state index in [-0.39, 0.29) is 6.10 Å². The Morgan fingerprint density at radius 2 is 2.10 bits per heavy atom. The summed E-state index contributed by atoms with van der Waals surface area (Å²) in [6.07, 6.45) is 7.00. The molecule has 4 heteroatoms. The van der Waals surface area contributed by atoms with Crippen LogP contribution < -0.4 is 4.74 Å². The van der Waals surface area contributed by atoms with Crippen LogP contribution in [0.5, 0.6) is 5.75 Å². The van der Waals surface area contributed by atoms with E-state index in [4.69, 9.17) is 14.6 Å². The second kappa shape index (κ2) is 9.77. The number of benzene rings is 1. The number of aliphatic carboxylic acids is 1. The fraction of sp³-hybridized carbons (Fsp3) is 0.353. The summed E-state index contributed by atoms with van der Waals surface area (Å²) in [5.74, 6) is -0.0877. The topological polar surface area (TPSA) is 55.8 Å². The van der Waals surface area contributed by atoms with Crippen LogP contribution in [-0.4, -0.2) is 24.3 Å². The maximum Gasteiger partial charge on any atom is 0.327 e. The van der Waals surface area contributed by atoms with E-state index < -0.39 is 5.97 Å². The van der Waals surface area contributed by atoms with Crippen molar-refractivity contribution in [2.24, 2.45) is 0 Å². The molecule has 0 spiro atoms. The standard InChI is InChI=1S/C17H22O4/c1-3-15(7-5-4-6-8-17(18)19)21-13-14-9-11-16(20-2)12-10-14/h3,6,8-12,15H,1,4-5,7,13H2,2H3,(H,18,19)/b8-6+/t15-/m1/s1. The first-order chi connectivity index (χ1) is 10.2. The molecule has 1 atom stereocenters.